The zero-order chi connectivity index (χ0) is 14.4. The fraction of sp³-hybridized carbons (Fsp3) is 0.467. The van der Waals surface area contributed by atoms with Gasteiger partial charge in [0.05, 0.1) is 5.71 Å². The van der Waals surface area contributed by atoms with Crippen molar-refractivity contribution < 1.29 is 4.79 Å². The Morgan fingerprint density at radius 3 is 2.65 bits per heavy atom. The third-order valence-corrected chi connectivity index (χ3v) is 4.25. The first-order chi connectivity index (χ1) is 9.66. The van der Waals surface area contributed by atoms with Gasteiger partial charge in [0.2, 0.25) is 0 Å². The summed E-state index contributed by atoms with van der Waals surface area (Å²) in [5, 5.41) is 4.34. The number of nitrogens with one attached hydrogen (secondary N) is 1. The molecule has 0 radical (unpaired) electrons. The summed E-state index contributed by atoms with van der Waals surface area (Å²) in [4.78, 5) is 10.9. The van der Waals surface area contributed by atoms with Gasteiger partial charge >= 0.3 is 6.03 Å². The number of benzene rings is 1. The van der Waals surface area contributed by atoms with Gasteiger partial charge in [-0.3, -0.25) is 0 Å². The monoisotopic (exact) mass is 293 g/mol. The number of hydrazone groups is 1. The van der Waals surface area contributed by atoms with E-state index in [-0.39, 0.29) is 5.38 Å². The summed E-state index contributed by atoms with van der Waals surface area (Å²) in [6.45, 7) is 0. The predicted molar refractivity (Wildman–Crippen MR) is 81.9 cm³/mol. The molecule has 1 aliphatic carbocycles. The van der Waals surface area contributed by atoms with Crippen LogP contribution in [0.1, 0.15) is 37.7 Å². The topological polar surface area (TPSA) is 67.5 Å². The van der Waals surface area contributed by atoms with Gasteiger partial charge in [-0.2, -0.15) is 5.10 Å². The van der Waals surface area contributed by atoms with Gasteiger partial charge in [-0.05, 0) is 30.7 Å². The minimum atomic E-state index is -0.649. The van der Waals surface area contributed by atoms with E-state index in [0.717, 1.165) is 30.5 Å². The lowest BCUT2D eigenvalue weighted by atomic mass is 9.84. The molecule has 2 atom stereocenters. The Hall–Kier alpha value is -1.55. The molecule has 2 unspecified atom stereocenters. The summed E-state index contributed by atoms with van der Waals surface area (Å²) >= 11 is 6.41. The second-order valence-corrected chi connectivity index (χ2v) is 5.73. The van der Waals surface area contributed by atoms with Crippen molar-refractivity contribution in [3.05, 3.63) is 35.9 Å². The van der Waals surface area contributed by atoms with Crippen molar-refractivity contribution in [3.63, 3.8) is 0 Å². The molecule has 1 fully saturated rings. The Bertz CT molecular complexity index is 475. The van der Waals surface area contributed by atoms with E-state index in [4.69, 9.17) is 17.3 Å². The Kier molecular flexibility index (Phi) is 5.41. The van der Waals surface area contributed by atoms with Crippen LogP contribution in [0, 0.1) is 5.92 Å². The summed E-state index contributed by atoms with van der Waals surface area (Å²) in [7, 11) is 0. The number of hydrogen-bond donors (Lipinski definition) is 2. The number of hydrogen-bond acceptors (Lipinski definition) is 2. The molecule has 1 aromatic carbocycles. The van der Waals surface area contributed by atoms with Crippen molar-refractivity contribution in [2.45, 2.75) is 37.5 Å². The highest BCUT2D eigenvalue weighted by atomic mass is 35.5. The van der Waals surface area contributed by atoms with Crippen LogP contribution in [0.15, 0.2) is 35.4 Å². The van der Waals surface area contributed by atoms with Gasteiger partial charge in [0.25, 0.3) is 0 Å². The fourth-order valence-corrected chi connectivity index (χ4v) is 2.99. The number of primary amides is 1. The third-order valence-electron chi connectivity index (χ3n) is 3.68. The number of rotatable bonds is 4. The van der Waals surface area contributed by atoms with Gasteiger partial charge in [0.1, 0.15) is 0 Å². The van der Waals surface area contributed by atoms with Crippen LogP contribution in [0.2, 0.25) is 0 Å². The van der Waals surface area contributed by atoms with Gasteiger partial charge in [0, 0.05) is 5.38 Å². The first-order valence-corrected chi connectivity index (χ1v) is 7.42. The van der Waals surface area contributed by atoms with Crippen molar-refractivity contribution in [2.24, 2.45) is 16.8 Å². The first-order valence-electron chi connectivity index (χ1n) is 6.98. The number of nitrogens with zero attached hydrogens (tertiary/aromatic N) is 1. The van der Waals surface area contributed by atoms with Gasteiger partial charge in [-0.25, -0.2) is 10.2 Å². The summed E-state index contributed by atoms with van der Waals surface area (Å²) in [5.41, 5.74) is 9.26. The number of amides is 2. The lowest BCUT2D eigenvalue weighted by Crippen LogP contribution is -2.28. The Morgan fingerprint density at radius 1 is 1.30 bits per heavy atom. The van der Waals surface area contributed by atoms with Crippen LogP contribution < -0.4 is 11.2 Å². The Balaban J connectivity index is 2.14. The molecule has 3 N–H and O–H groups in total. The fourth-order valence-electron chi connectivity index (χ4n) is 2.62. The number of halogens is 1. The molecular formula is C15H20ClN3O. The number of nitrogens with two attached hydrogens (primary N) is 1. The van der Waals surface area contributed by atoms with Crippen LogP contribution in [-0.4, -0.2) is 17.1 Å². The minimum absolute atomic E-state index is 0.186. The third kappa shape index (κ3) is 4.23. The lowest BCUT2D eigenvalue weighted by Gasteiger charge is -2.27. The van der Waals surface area contributed by atoms with Crippen molar-refractivity contribution in [2.75, 3.05) is 0 Å². The number of carbonyl (C=O) groups is 1. The first kappa shape index (κ1) is 14.9. The van der Waals surface area contributed by atoms with Crippen LogP contribution in [0.25, 0.3) is 0 Å². The van der Waals surface area contributed by atoms with E-state index in [1.165, 1.54) is 12.8 Å². The molecule has 2 rings (SSSR count). The predicted octanol–water partition coefficient (Wildman–Crippen LogP) is 3.25. The van der Waals surface area contributed by atoms with E-state index < -0.39 is 6.03 Å². The summed E-state index contributed by atoms with van der Waals surface area (Å²) in [6, 6.07) is 9.17. The largest absolute Gasteiger partial charge is 0.350 e. The highest BCUT2D eigenvalue weighted by molar-refractivity contribution is 6.21. The van der Waals surface area contributed by atoms with E-state index in [9.17, 15) is 4.79 Å². The minimum Gasteiger partial charge on any atom is -0.350 e. The van der Waals surface area contributed by atoms with Gasteiger partial charge in [0.15, 0.2) is 0 Å². The maximum Gasteiger partial charge on any atom is 0.332 e. The maximum atomic E-state index is 10.9. The smallest absolute Gasteiger partial charge is 0.332 e. The normalized spacial score (nSPS) is 23.4. The number of alkyl halides is 1. The molecule has 0 heterocycles. The average molecular weight is 294 g/mol. The Morgan fingerprint density at radius 2 is 2.00 bits per heavy atom. The standard InChI is InChI=1S/C15H20ClN3O/c16-13-9-5-4-8-12(13)10-14(18-19-15(17)20)11-6-2-1-3-7-11/h1-3,6-7,12-13H,4-5,8-10H2,(H3,17,19,20). The van der Waals surface area contributed by atoms with E-state index in [1.807, 2.05) is 30.3 Å². The van der Waals surface area contributed by atoms with Crippen molar-refractivity contribution in [1.29, 1.82) is 0 Å². The molecule has 108 valence electrons. The quantitative estimate of drug-likeness (QED) is 0.499. The molecule has 2 amide bonds. The van der Waals surface area contributed by atoms with Crippen molar-refractivity contribution in [3.8, 4) is 0 Å². The molecule has 4 nitrogen and oxygen atoms in total. The van der Waals surface area contributed by atoms with E-state index in [0.29, 0.717) is 5.92 Å². The molecule has 1 saturated carbocycles. The number of carbonyl (C=O) groups excluding carboxylic acids is 1. The summed E-state index contributed by atoms with van der Waals surface area (Å²) < 4.78 is 0. The second kappa shape index (κ2) is 7.29. The summed E-state index contributed by atoms with van der Waals surface area (Å²) in [6.07, 6.45) is 5.33. The molecule has 1 aliphatic rings. The van der Waals surface area contributed by atoms with Crippen molar-refractivity contribution >= 4 is 23.3 Å². The van der Waals surface area contributed by atoms with E-state index in [1.54, 1.807) is 0 Å². The lowest BCUT2D eigenvalue weighted by molar-refractivity contribution is 0.249. The van der Waals surface area contributed by atoms with E-state index >= 15 is 0 Å². The molecule has 5 heteroatoms. The van der Waals surface area contributed by atoms with Crippen LogP contribution in [0.3, 0.4) is 0 Å². The molecule has 0 bridgehead atoms. The highest BCUT2D eigenvalue weighted by Gasteiger charge is 2.25. The summed E-state index contributed by atoms with van der Waals surface area (Å²) in [5.74, 6) is 0.402. The highest BCUT2D eigenvalue weighted by Crippen LogP contribution is 2.32. The van der Waals surface area contributed by atoms with Gasteiger partial charge < -0.3 is 5.73 Å². The SMILES string of the molecule is NC(=O)NN=C(CC1CCCCC1Cl)c1ccccc1. The zero-order valence-electron chi connectivity index (χ0n) is 11.4. The molecule has 1 aromatic rings. The van der Waals surface area contributed by atoms with E-state index in [2.05, 4.69) is 10.5 Å². The Labute approximate surface area is 124 Å². The van der Waals surface area contributed by atoms with Crippen LogP contribution in [0.4, 0.5) is 4.79 Å². The van der Waals surface area contributed by atoms with Gasteiger partial charge in [-0.15, -0.1) is 11.6 Å². The molecule has 20 heavy (non-hydrogen) atoms. The molecule has 0 aromatic heterocycles. The molecule has 0 spiro atoms. The molecule has 0 aliphatic heterocycles. The van der Waals surface area contributed by atoms with Crippen molar-refractivity contribution in [1.82, 2.24) is 5.43 Å². The number of urea groups is 1. The van der Waals surface area contributed by atoms with Crippen LogP contribution in [-0.2, 0) is 0 Å². The van der Waals surface area contributed by atoms with Crippen LogP contribution in [0.5, 0.6) is 0 Å². The van der Waals surface area contributed by atoms with Crippen LogP contribution >= 0.6 is 11.6 Å². The van der Waals surface area contributed by atoms with Gasteiger partial charge in [-0.1, -0.05) is 43.2 Å². The average Bonchev–Trinajstić information content (AvgIpc) is 2.46. The second-order valence-electron chi connectivity index (χ2n) is 5.17. The molecular weight excluding hydrogens is 274 g/mol. The molecule has 0 saturated heterocycles. The zero-order valence-corrected chi connectivity index (χ0v) is 12.1. The maximum absolute atomic E-state index is 10.9.